The Morgan fingerprint density at radius 1 is 0.393 bits per heavy atom. The number of aryl methyl sites for hydroxylation is 2. The highest BCUT2D eigenvalue weighted by atomic mass is 32.1. The van der Waals surface area contributed by atoms with Crippen LogP contribution in [-0.4, -0.2) is 0 Å². The highest BCUT2D eigenvalue weighted by molar-refractivity contribution is 7.26. The number of nitrogens with zero attached hydrogens (tertiary/aromatic N) is 1. The number of thiophene rings is 1. The van der Waals surface area contributed by atoms with Crippen LogP contribution in [0.4, 0.5) is 17.1 Å². The van der Waals surface area contributed by atoms with E-state index in [1.54, 1.807) is 0 Å². The van der Waals surface area contributed by atoms with E-state index in [2.05, 4.69) is 217 Å². The molecule has 0 bridgehead atoms. The van der Waals surface area contributed by atoms with E-state index in [1.165, 1.54) is 118 Å². The van der Waals surface area contributed by atoms with Crippen molar-refractivity contribution in [3.8, 4) is 33.4 Å². The van der Waals surface area contributed by atoms with Crippen molar-refractivity contribution >= 4 is 48.6 Å². The van der Waals surface area contributed by atoms with Gasteiger partial charge in [-0.15, -0.1) is 11.3 Å². The molecule has 0 unspecified atom stereocenters. The van der Waals surface area contributed by atoms with E-state index in [0.29, 0.717) is 0 Å². The third kappa shape index (κ3) is 5.74. The van der Waals surface area contributed by atoms with Gasteiger partial charge in [0, 0.05) is 26.7 Å². The van der Waals surface area contributed by atoms with Crippen molar-refractivity contribution in [3.63, 3.8) is 0 Å². The largest absolute Gasteiger partial charge is 0.308 e. The van der Waals surface area contributed by atoms with Crippen LogP contribution < -0.4 is 4.90 Å². The van der Waals surface area contributed by atoms with E-state index in [4.69, 9.17) is 0 Å². The first-order valence-electron chi connectivity index (χ1n) is 21.6. The molecule has 12 rings (SSSR count). The summed E-state index contributed by atoms with van der Waals surface area (Å²) in [6.45, 7) is 0. The average Bonchev–Trinajstić information content (AvgIpc) is 3.86. The quantitative estimate of drug-likeness (QED) is 0.155. The Bertz CT molecular complexity index is 3200. The van der Waals surface area contributed by atoms with Gasteiger partial charge in [-0.3, -0.25) is 0 Å². The van der Waals surface area contributed by atoms with Gasteiger partial charge in [-0.05, 0) is 123 Å². The molecule has 1 aromatic heterocycles. The van der Waals surface area contributed by atoms with Gasteiger partial charge in [0.05, 0.1) is 21.5 Å². The topological polar surface area (TPSA) is 3.24 Å². The highest BCUT2D eigenvalue weighted by Crippen LogP contribution is 2.59. The molecule has 1 heterocycles. The van der Waals surface area contributed by atoms with Gasteiger partial charge in [-0.25, -0.2) is 0 Å². The van der Waals surface area contributed by atoms with Crippen LogP contribution in [0.3, 0.4) is 0 Å². The maximum atomic E-state index is 2.54. The van der Waals surface area contributed by atoms with Crippen molar-refractivity contribution in [1.29, 1.82) is 0 Å². The Morgan fingerprint density at radius 3 is 1.79 bits per heavy atom. The maximum absolute atomic E-state index is 2.54. The van der Waals surface area contributed by atoms with Crippen LogP contribution in [0.25, 0.3) is 53.6 Å². The minimum absolute atomic E-state index is 0.538. The molecule has 2 aliphatic carbocycles. The van der Waals surface area contributed by atoms with Gasteiger partial charge in [0.1, 0.15) is 0 Å². The summed E-state index contributed by atoms with van der Waals surface area (Å²) in [7, 11) is 0. The van der Waals surface area contributed by atoms with E-state index in [1.807, 2.05) is 11.3 Å². The molecule has 61 heavy (non-hydrogen) atoms. The van der Waals surface area contributed by atoms with Crippen molar-refractivity contribution < 1.29 is 0 Å². The lowest BCUT2D eigenvalue weighted by molar-refractivity contribution is 0.686. The van der Waals surface area contributed by atoms with Crippen LogP contribution in [-0.2, 0) is 18.3 Å². The summed E-state index contributed by atoms with van der Waals surface area (Å²) in [5.41, 5.74) is 18.6. The average molecular weight is 798 g/mol. The molecule has 1 nitrogen and oxygen atoms in total. The molecule has 2 aliphatic rings. The van der Waals surface area contributed by atoms with Gasteiger partial charge < -0.3 is 4.90 Å². The molecule has 0 amide bonds. The third-order valence-corrected chi connectivity index (χ3v) is 14.5. The predicted molar refractivity (Wildman–Crippen MR) is 259 cm³/mol. The van der Waals surface area contributed by atoms with Crippen LogP contribution in [0.15, 0.2) is 212 Å². The summed E-state index contributed by atoms with van der Waals surface area (Å²) >= 11 is 1.88. The summed E-state index contributed by atoms with van der Waals surface area (Å²) in [6.07, 6.45) is 4.95. The number of benzene rings is 9. The van der Waals surface area contributed by atoms with E-state index in [0.717, 1.165) is 11.4 Å². The molecular weight excluding hydrogens is 755 g/mol. The molecule has 0 radical (unpaired) electrons. The van der Waals surface area contributed by atoms with Crippen LogP contribution in [0.2, 0.25) is 0 Å². The van der Waals surface area contributed by atoms with E-state index < -0.39 is 5.41 Å². The van der Waals surface area contributed by atoms with E-state index >= 15 is 0 Å². The van der Waals surface area contributed by atoms with Crippen molar-refractivity contribution in [1.82, 2.24) is 0 Å². The zero-order valence-electron chi connectivity index (χ0n) is 33.9. The lowest BCUT2D eigenvalue weighted by atomic mass is 9.67. The Kier molecular flexibility index (Phi) is 8.61. The monoisotopic (exact) mass is 797 g/mol. The first-order chi connectivity index (χ1) is 30.3. The normalized spacial score (nSPS) is 13.8. The number of fused-ring (bicyclic) bond motifs is 7. The predicted octanol–water partition coefficient (Wildman–Crippen LogP) is 16.1. The molecule has 0 saturated carbocycles. The minimum Gasteiger partial charge on any atom is -0.308 e. The molecule has 0 fully saturated rings. The second kappa shape index (κ2) is 14.6. The molecule has 10 aromatic rings. The van der Waals surface area contributed by atoms with Gasteiger partial charge >= 0.3 is 0 Å². The molecule has 9 aromatic carbocycles. The fraction of sp³-hybridized carbons (Fsp3) is 0.0847. The zero-order valence-corrected chi connectivity index (χ0v) is 34.7. The smallest absolute Gasteiger partial charge is 0.0714 e. The molecule has 290 valence electrons. The Balaban J connectivity index is 1.16. The maximum Gasteiger partial charge on any atom is 0.0714 e. The van der Waals surface area contributed by atoms with Gasteiger partial charge in [-0.1, -0.05) is 176 Å². The van der Waals surface area contributed by atoms with Gasteiger partial charge in [0.15, 0.2) is 0 Å². The van der Waals surface area contributed by atoms with Crippen LogP contribution in [0.5, 0.6) is 0 Å². The van der Waals surface area contributed by atoms with Crippen molar-refractivity contribution in [2.75, 3.05) is 4.90 Å². The number of para-hydroxylation sites is 1. The van der Waals surface area contributed by atoms with Crippen molar-refractivity contribution in [2.24, 2.45) is 0 Å². The van der Waals surface area contributed by atoms with Crippen LogP contribution in [0.1, 0.15) is 46.2 Å². The number of hydrogen-bond acceptors (Lipinski definition) is 2. The van der Waals surface area contributed by atoms with Gasteiger partial charge in [-0.2, -0.15) is 0 Å². The third-order valence-electron chi connectivity index (χ3n) is 13.3. The fourth-order valence-corrected chi connectivity index (χ4v) is 11.7. The number of rotatable bonds is 7. The number of anilines is 3. The molecule has 0 aliphatic heterocycles. The van der Waals surface area contributed by atoms with Crippen LogP contribution in [0, 0.1) is 0 Å². The van der Waals surface area contributed by atoms with Crippen molar-refractivity contribution in [3.05, 3.63) is 246 Å². The molecule has 2 heteroatoms. The summed E-state index contributed by atoms with van der Waals surface area (Å²) in [6, 6.07) is 79.6. The molecular formula is C59H43NS. The molecule has 0 atom stereocenters. The molecule has 0 saturated heterocycles. The standard InChI is InChI=1S/C59H43NS/c1-4-19-45(20-5-1)59(46-21-6-2-7-22-46)53-28-14-12-25-48(53)52-38-51(42-34-31-41(32-35-42)44-36-33-40-17-10-11-18-43(40)37-44)56(39-54(52)59)60(47-23-8-3-9-24-47)55-29-16-27-50-49-26-13-15-30-57(49)61-58(50)55/h1-9,12-16,19-39H,10-11,17-18H2. The highest BCUT2D eigenvalue weighted by Gasteiger charge is 2.47. The Labute approximate surface area is 361 Å². The first kappa shape index (κ1) is 35.9. The van der Waals surface area contributed by atoms with Gasteiger partial charge in [0.2, 0.25) is 0 Å². The zero-order chi connectivity index (χ0) is 40.3. The first-order valence-corrected chi connectivity index (χ1v) is 22.4. The lowest BCUT2D eigenvalue weighted by Crippen LogP contribution is -2.28. The summed E-state index contributed by atoms with van der Waals surface area (Å²) in [5.74, 6) is 0. The second-order valence-corrected chi connectivity index (χ2v) is 17.7. The SMILES string of the molecule is c1ccc(N(c2cc3c(cc2-c2ccc(-c4ccc5c(c4)CCCC5)cc2)-c2ccccc2C3(c2ccccc2)c2ccccc2)c2cccc3c2sc2ccccc23)cc1. The van der Waals surface area contributed by atoms with Gasteiger partial charge in [0.25, 0.3) is 0 Å². The van der Waals surface area contributed by atoms with E-state index in [9.17, 15) is 0 Å². The Hall–Kier alpha value is -7.00. The summed E-state index contributed by atoms with van der Waals surface area (Å²) < 4.78 is 2.58. The number of hydrogen-bond donors (Lipinski definition) is 0. The minimum atomic E-state index is -0.538. The van der Waals surface area contributed by atoms with Crippen molar-refractivity contribution in [2.45, 2.75) is 31.1 Å². The fourth-order valence-electron chi connectivity index (χ4n) is 10.5. The van der Waals surface area contributed by atoms with E-state index in [-0.39, 0.29) is 0 Å². The second-order valence-electron chi connectivity index (χ2n) is 16.6. The summed E-state index contributed by atoms with van der Waals surface area (Å²) in [5, 5.41) is 2.58. The summed E-state index contributed by atoms with van der Waals surface area (Å²) in [4.78, 5) is 2.54. The molecule has 0 spiro atoms. The Morgan fingerprint density at radius 2 is 1.02 bits per heavy atom. The molecule has 0 N–H and O–H groups in total. The van der Waals surface area contributed by atoms with Crippen LogP contribution >= 0.6 is 11.3 Å². The lowest BCUT2D eigenvalue weighted by Gasteiger charge is -2.35.